The maximum atomic E-state index is 12.2. The molecule has 0 radical (unpaired) electrons. The van der Waals surface area contributed by atoms with E-state index in [0.717, 1.165) is 11.6 Å². The van der Waals surface area contributed by atoms with Gasteiger partial charge in [0.2, 0.25) is 5.91 Å². The van der Waals surface area contributed by atoms with Gasteiger partial charge in [0.05, 0.1) is 22.3 Å². The first-order valence-electron chi connectivity index (χ1n) is 8.56. The fourth-order valence-electron chi connectivity index (χ4n) is 2.71. The van der Waals surface area contributed by atoms with Crippen LogP contribution in [0.1, 0.15) is 5.56 Å². The van der Waals surface area contributed by atoms with E-state index in [1.54, 1.807) is 24.3 Å². The van der Waals surface area contributed by atoms with Crippen LogP contribution in [0.3, 0.4) is 0 Å². The molecular formula is C20H16N4O5. The van der Waals surface area contributed by atoms with Crippen LogP contribution in [0.2, 0.25) is 0 Å². The number of hydrogen-bond donors (Lipinski definition) is 2. The highest BCUT2D eigenvalue weighted by Crippen LogP contribution is 2.31. The molecule has 0 aliphatic heterocycles. The molecule has 0 fully saturated rings. The Labute approximate surface area is 165 Å². The third kappa shape index (κ3) is 5.13. The number of hydrogen-bond acceptors (Lipinski definition) is 6. The average Bonchev–Trinajstić information content (AvgIpc) is 2.69. The molecule has 0 unspecified atom stereocenters. The summed E-state index contributed by atoms with van der Waals surface area (Å²) in [7, 11) is 0. The zero-order chi connectivity index (χ0) is 20.8. The Bertz CT molecular complexity index is 1070. The average molecular weight is 392 g/mol. The van der Waals surface area contributed by atoms with Gasteiger partial charge in [-0.05, 0) is 29.8 Å². The van der Waals surface area contributed by atoms with Gasteiger partial charge < -0.3 is 10.6 Å². The summed E-state index contributed by atoms with van der Waals surface area (Å²) in [5.41, 5.74) is 1.19. The van der Waals surface area contributed by atoms with Gasteiger partial charge in [0, 0.05) is 17.4 Å². The van der Waals surface area contributed by atoms with Crippen LogP contribution in [0.25, 0.3) is 0 Å². The molecule has 2 N–H and O–H groups in total. The van der Waals surface area contributed by atoms with Gasteiger partial charge in [-0.15, -0.1) is 0 Å². The van der Waals surface area contributed by atoms with Gasteiger partial charge in [-0.25, -0.2) is 0 Å². The normalized spacial score (nSPS) is 10.2. The lowest BCUT2D eigenvalue weighted by atomic mass is 10.1. The number of nitrogens with one attached hydrogen (secondary N) is 2. The van der Waals surface area contributed by atoms with Crippen molar-refractivity contribution in [2.24, 2.45) is 0 Å². The zero-order valence-electron chi connectivity index (χ0n) is 15.1. The summed E-state index contributed by atoms with van der Waals surface area (Å²) in [5.74, 6) is -0.199. The van der Waals surface area contributed by atoms with Gasteiger partial charge in [0.25, 0.3) is 11.4 Å². The first-order chi connectivity index (χ1) is 13.9. The van der Waals surface area contributed by atoms with E-state index in [-0.39, 0.29) is 23.7 Å². The van der Waals surface area contributed by atoms with E-state index in [2.05, 4.69) is 10.6 Å². The standard InChI is InChI=1S/C20H16N4O5/c25-20(11-14-5-2-1-3-6-14)22-16-8-4-7-15(12-16)21-18-10-9-17(23(26)27)13-19(18)24(28)29/h1-10,12-13,21H,11H2,(H,22,25). The van der Waals surface area contributed by atoms with Crippen molar-refractivity contribution in [3.8, 4) is 0 Å². The van der Waals surface area contributed by atoms with Crippen LogP contribution in [0, 0.1) is 20.2 Å². The minimum atomic E-state index is -0.695. The van der Waals surface area contributed by atoms with Gasteiger partial charge in [0.1, 0.15) is 5.69 Å². The Hall–Kier alpha value is -4.27. The predicted octanol–water partition coefficient (Wildman–Crippen LogP) is 4.43. The van der Waals surface area contributed by atoms with Crippen LogP contribution in [0.4, 0.5) is 28.4 Å². The lowest BCUT2D eigenvalue weighted by Crippen LogP contribution is -2.14. The van der Waals surface area contributed by atoms with Crippen LogP contribution >= 0.6 is 0 Å². The van der Waals surface area contributed by atoms with E-state index >= 15 is 0 Å². The molecule has 3 rings (SSSR count). The summed E-state index contributed by atoms with van der Waals surface area (Å²) in [6.45, 7) is 0. The number of nitro benzene ring substituents is 2. The van der Waals surface area contributed by atoms with Crippen molar-refractivity contribution in [3.05, 3.63) is 98.6 Å². The molecule has 0 spiro atoms. The van der Waals surface area contributed by atoms with Gasteiger partial charge in [0.15, 0.2) is 0 Å². The number of amides is 1. The first-order valence-corrected chi connectivity index (χ1v) is 8.56. The van der Waals surface area contributed by atoms with Crippen LogP contribution < -0.4 is 10.6 Å². The second kappa shape index (κ2) is 8.61. The van der Waals surface area contributed by atoms with Gasteiger partial charge in [-0.3, -0.25) is 25.0 Å². The molecule has 146 valence electrons. The molecule has 29 heavy (non-hydrogen) atoms. The molecule has 0 saturated carbocycles. The molecule has 1 amide bonds. The Balaban J connectivity index is 1.75. The number of anilines is 3. The third-order valence-electron chi connectivity index (χ3n) is 4.02. The summed E-state index contributed by atoms with van der Waals surface area (Å²) in [5, 5.41) is 27.7. The van der Waals surface area contributed by atoms with Gasteiger partial charge in [-0.2, -0.15) is 0 Å². The molecule has 0 bridgehead atoms. The van der Waals surface area contributed by atoms with E-state index in [9.17, 15) is 25.0 Å². The maximum absolute atomic E-state index is 12.2. The molecule has 0 aliphatic carbocycles. The van der Waals surface area contributed by atoms with Crippen molar-refractivity contribution in [1.82, 2.24) is 0 Å². The van der Waals surface area contributed by atoms with Crippen molar-refractivity contribution in [1.29, 1.82) is 0 Å². The smallest absolute Gasteiger partial charge is 0.299 e. The van der Waals surface area contributed by atoms with Crippen LogP contribution in [-0.4, -0.2) is 15.8 Å². The summed E-state index contributed by atoms with van der Waals surface area (Å²) in [6.07, 6.45) is 0.215. The van der Waals surface area contributed by atoms with Gasteiger partial charge >= 0.3 is 0 Å². The number of rotatable bonds is 7. The van der Waals surface area contributed by atoms with E-state index in [1.165, 1.54) is 12.1 Å². The van der Waals surface area contributed by atoms with E-state index in [0.29, 0.717) is 11.4 Å². The monoisotopic (exact) mass is 392 g/mol. The Morgan fingerprint density at radius 1 is 0.828 bits per heavy atom. The summed E-state index contributed by atoms with van der Waals surface area (Å²) < 4.78 is 0. The first kappa shape index (κ1) is 19.5. The number of nitro groups is 2. The number of carbonyl (C=O) groups excluding carboxylic acids is 1. The molecule has 0 aliphatic rings. The highest BCUT2D eigenvalue weighted by Gasteiger charge is 2.19. The molecule has 3 aromatic carbocycles. The van der Waals surface area contributed by atoms with E-state index in [1.807, 2.05) is 30.3 Å². The Morgan fingerprint density at radius 3 is 2.24 bits per heavy atom. The Kier molecular flexibility index (Phi) is 5.79. The predicted molar refractivity (Wildman–Crippen MR) is 108 cm³/mol. The highest BCUT2D eigenvalue weighted by molar-refractivity contribution is 5.92. The zero-order valence-corrected chi connectivity index (χ0v) is 15.1. The lowest BCUT2D eigenvalue weighted by Gasteiger charge is -2.10. The van der Waals surface area contributed by atoms with Crippen LogP contribution in [-0.2, 0) is 11.2 Å². The summed E-state index contributed by atoms with van der Waals surface area (Å²) in [6, 6.07) is 19.3. The number of nitrogens with zero attached hydrogens (tertiary/aromatic N) is 2. The number of non-ortho nitro benzene ring substituents is 1. The highest BCUT2D eigenvalue weighted by atomic mass is 16.6. The van der Waals surface area contributed by atoms with E-state index in [4.69, 9.17) is 0 Å². The molecule has 3 aromatic rings. The lowest BCUT2D eigenvalue weighted by molar-refractivity contribution is -0.393. The number of benzene rings is 3. The number of carbonyl (C=O) groups is 1. The van der Waals surface area contributed by atoms with Crippen molar-refractivity contribution < 1.29 is 14.6 Å². The van der Waals surface area contributed by atoms with E-state index < -0.39 is 15.5 Å². The SMILES string of the molecule is O=C(Cc1ccccc1)Nc1cccc(Nc2ccc([N+](=O)[O-])cc2[N+](=O)[O-])c1. The molecule has 9 nitrogen and oxygen atoms in total. The summed E-state index contributed by atoms with van der Waals surface area (Å²) in [4.78, 5) is 32.9. The molecular weight excluding hydrogens is 376 g/mol. The molecule has 0 heterocycles. The van der Waals surface area contributed by atoms with Crippen LogP contribution in [0.15, 0.2) is 72.8 Å². The fourth-order valence-corrected chi connectivity index (χ4v) is 2.71. The summed E-state index contributed by atoms with van der Waals surface area (Å²) >= 11 is 0. The van der Waals surface area contributed by atoms with Crippen molar-refractivity contribution in [2.75, 3.05) is 10.6 Å². The largest absolute Gasteiger partial charge is 0.350 e. The maximum Gasteiger partial charge on any atom is 0.299 e. The van der Waals surface area contributed by atoms with Gasteiger partial charge in [-0.1, -0.05) is 36.4 Å². The Morgan fingerprint density at radius 2 is 1.55 bits per heavy atom. The molecule has 0 aromatic heterocycles. The van der Waals surface area contributed by atoms with Crippen LogP contribution in [0.5, 0.6) is 0 Å². The second-order valence-corrected chi connectivity index (χ2v) is 6.13. The molecule has 0 saturated heterocycles. The quantitative estimate of drug-likeness (QED) is 0.452. The fraction of sp³-hybridized carbons (Fsp3) is 0.0500. The van der Waals surface area contributed by atoms with Crippen molar-refractivity contribution in [2.45, 2.75) is 6.42 Å². The molecule has 9 heteroatoms. The third-order valence-corrected chi connectivity index (χ3v) is 4.02. The topological polar surface area (TPSA) is 127 Å². The minimum Gasteiger partial charge on any atom is -0.350 e. The van der Waals surface area contributed by atoms with Crippen molar-refractivity contribution >= 4 is 34.3 Å². The molecule has 0 atom stereocenters. The minimum absolute atomic E-state index is 0.105. The second-order valence-electron chi connectivity index (χ2n) is 6.13. The van der Waals surface area contributed by atoms with Crippen molar-refractivity contribution in [3.63, 3.8) is 0 Å².